The molecule has 1 saturated carbocycles. The Morgan fingerprint density at radius 1 is 1.05 bits per heavy atom. The minimum absolute atomic E-state index is 0.102. The van der Waals surface area contributed by atoms with Crippen LogP contribution in [0.15, 0.2) is 90.2 Å². The van der Waals surface area contributed by atoms with Gasteiger partial charge in [0.15, 0.2) is 5.03 Å². The maximum absolute atomic E-state index is 13.6. The van der Waals surface area contributed by atoms with Gasteiger partial charge in [-0.15, -0.1) is 0 Å². The van der Waals surface area contributed by atoms with Crippen molar-refractivity contribution in [2.45, 2.75) is 36.8 Å². The van der Waals surface area contributed by atoms with Crippen LogP contribution in [0.4, 0.5) is 4.39 Å². The summed E-state index contributed by atoms with van der Waals surface area (Å²) in [5, 5.41) is 9.97. The van der Waals surface area contributed by atoms with Crippen molar-refractivity contribution in [3.8, 4) is 5.69 Å². The number of piperidine rings is 1. The van der Waals surface area contributed by atoms with E-state index in [-0.39, 0.29) is 28.1 Å². The van der Waals surface area contributed by atoms with Crippen LogP contribution in [0.5, 0.6) is 0 Å². The largest absolute Gasteiger partial charge is 0.272 e. The van der Waals surface area contributed by atoms with Crippen LogP contribution >= 0.6 is 0 Å². The zero-order valence-electron chi connectivity index (χ0n) is 21.7. The molecule has 0 amide bonds. The SMILES string of the molecule is CCn1ccc(S(=O)(=O)N2C[C@@H]3[C@@H](c4ccccc4)[C@]3(c3cc4cnn(-c5ccc(F)cc5)c4cc3C)C2)n1. The van der Waals surface area contributed by atoms with Gasteiger partial charge in [-0.3, -0.25) is 4.68 Å². The van der Waals surface area contributed by atoms with Gasteiger partial charge in [0.2, 0.25) is 0 Å². The van der Waals surface area contributed by atoms with Gasteiger partial charge >= 0.3 is 0 Å². The highest BCUT2D eigenvalue weighted by Gasteiger charge is 2.71. The van der Waals surface area contributed by atoms with Crippen molar-refractivity contribution in [2.75, 3.05) is 13.1 Å². The van der Waals surface area contributed by atoms with E-state index < -0.39 is 10.0 Å². The average molecular weight is 542 g/mol. The zero-order valence-corrected chi connectivity index (χ0v) is 22.5. The fourth-order valence-electron chi connectivity index (χ4n) is 6.66. The van der Waals surface area contributed by atoms with Crippen LogP contribution in [-0.4, -0.2) is 45.4 Å². The number of aryl methyl sites for hydroxylation is 2. The van der Waals surface area contributed by atoms with Gasteiger partial charge in [0.25, 0.3) is 10.0 Å². The number of hydrogen-bond acceptors (Lipinski definition) is 4. The summed E-state index contributed by atoms with van der Waals surface area (Å²) < 4.78 is 45.9. The number of aromatic nitrogens is 4. The molecule has 9 heteroatoms. The lowest BCUT2D eigenvalue weighted by atomic mass is 9.87. The van der Waals surface area contributed by atoms with Crippen molar-refractivity contribution in [1.29, 1.82) is 0 Å². The minimum atomic E-state index is -3.72. The second-order valence-corrected chi connectivity index (χ2v) is 12.5. The second kappa shape index (κ2) is 8.59. The number of benzene rings is 3. The topological polar surface area (TPSA) is 73.0 Å². The van der Waals surface area contributed by atoms with E-state index in [0.29, 0.717) is 19.6 Å². The Kier molecular flexibility index (Phi) is 5.34. The van der Waals surface area contributed by atoms with Crippen LogP contribution in [0.3, 0.4) is 0 Å². The standard InChI is InChI=1S/C30H28FN5O2S/c1-3-34-14-13-28(33-34)39(37,38)35-18-26-29(21-7-5-4-6-8-21)30(26,19-35)25-16-22-17-32-36(27(22)15-20(25)2)24-11-9-23(31)10-12-24/h4-17,26,29H,3,18-19H2,1-2H3/t26-,29-,30+/m1/s1. The minimum Gasteiger partial charge on any atom is -0.272 e. The molecule has 1 aliphatic carbocycles. The molecule has 0 N–H and O–H groups in total. The van der Waals surface area contributed by atoms with Gasteiger partial charge in [0.05, 0.1) is 17.4 Å². The molecular weight excluding hydrogens is 513 g/mol. The molecule has 1 aliphatic heterocycles. The van der Waals surface area contributed by atoms with E-state index in [2.05, 4.69) is 41.4 Å². The first-order valence-corrected chi connectivity index (χ1v) is 14.6. The van der Waals surface area contributed by atoms with Crippen molar-refractivity contribution in [3.05, 3.63) is 108 Å². The first-order chi connectivity index (χ1) is 18.8. The molecule has 2 aromatic heterocycles. The molecule has 1 saturated heterocycles. The van der Waals surface area contributed by atoms with Crippen LogP contribution in [-0.2, 0) is 22.0 Å². The summed E-state index contributed by atoms with van der Waals surface area (Å²) in [5.41, 5.74) is 4.86. The number of nitrogens with zero attached hydrogens (tertiary/aromatic N) is 5. The third kappa shape index (κ3) is 3.60. The highest BCUT2D eigenvalue weighted by molar-refractivity contribution is 7.89. The lowest BCUT2D eigenvalue weighted by Crippen LogP contribution is -2.35. The van der Waals surface area contributed by atoms with Gasteiger partial charge in [0, 0.05) is 42.6 Å². The number of sulfonamides is 1. The second-order valence-electron chi connectivity index (χ2n) is 10.6. The fourth-order valence-corrected chi connectivity index (χ4v) is 8.11. The van der Waals surface area contributed by atoms with Crippen molar-refractivity contribution >= 4 is 20.9 Å². The molecule has 2 aliphatic rings. The Balaban J connectivity index is 1.32. The molecular formula is C30H28FN5O2S. The Bertz CT molecular complexity index is 1810. The van der Waals surface area contributed by atoms with Gasteiger partial charge < -0.3 is 0 Å². The van der Waals surface area contributed by atoms with E-state index in [1.807, 2.05) is 36.0 Å². The Labute approximate surface area is 226 Å². The van der Waals surface area contributed by atoms with E-state index in [9.17, 15) is 12.8 Å². The lowest BCUT2D eigenvalue weighted by molar-refractivity contribution is 0.418. The highest BCUT2D eigenvalue weighted by Crippen LogP contribution is 2.70. The zero-order chi connectivity index (χ0) is 26.9. The number of hydrogen-bond donors (Lipinski definition) is 0. The Morgan fingerprint density at radius 3 is 2.54 bits per heavy atom. The summed E-state index contributed by atoms with van der Waals surface area (Å²) >= 11 is 0. The molecule has 39 heavy (non-hydrogen) atoms. The molecule has 2 fully saturated rings. The summed E-state index contributed by atoms with van der Waals surface area (Å²) in [6.45, 7) is 5.49. The molecule has 7 rings (SSSR count). The smallest absolute Gasteiger partial charge is 0.262 e. The van der Waals surface area contributed by atoms with Gasteiger partial charge in [-0.1, -0.05) is 30.3 Å². The van der Waals surface area contributed by atoms with Crippen molar-refractivity contribution in [1.82, 2.24) is 23.9 Å². The predicted molar refractivity (Wildman–Crippen MR) is 147 cm³/mol. The summed E-state index contributed by atoms with van der Waals surface area (Å²) in [4.78, 5) is 0. The molecule has 198 valence electrons. The van der Waals surface area contributed by atoms with Crippen LogP contribution in [0, 0.1) is 18.7 Å². The Morgan fingerprint density at radius 2 is 1.82 bits per heavy atom. The molecule has 3 heterocycles. The quantitative estimate of drug-likeness (QED) is 0.302. The molecule has 0 unspecified atom stereocenters. The van der Waals surface area contributed by atoms with Crippen LogP contribution in [0.2, 0.25) is 0 Å². The predicted octanol–water partition coefficient (Wildman–Crippen LogP) is 5.05. The van der Waals surface area contributed by atoms with Crippen molar-refractivity contribution in [3.63, 3.8) is 0 Å². The molecule has 3 atom stereocenters. The maximum atomic E-state index is 13.6. The molecule has 0 bridgehead atoms. The normalized spacial score (nSPS) is 22.8. The van der Waals surface area contributed by atoms with Crippen molar-refractivity contribution in [2.24, 2.45) is 5.92 Å². The number of rotatable bonds is 6. The molecule has 0 spiro atoms. The van der Waals surface area contributed by atoms with Gasteiger partial charge in [0.1, 0.15) is 5.82 Å². The van der Waals surface area contributed by atoms with Gasteiger partial charge in [-0.2, -0.15) is 14.5 Å². The summed E-state index contributed by atoms with van der Waals surface area (Å²) in [5.74, 6) is 0.0922. The molecule has 7 nitrogen and oxygen atoms in total. The average Bonchev–Trinajstić information content (AvgIpc) is 3.41. The van der Waals surface area contributed by atoms with E-state index in [0.717, 1.165) is 27.7 Å². The number of fused-ring (bicyclic) bond motifs is 2. The monoisotopic (exact) mass is 541 g/mol. The number of halogens is 1. The third-order valence-electron chi connectivity index (χ3n) is 8.54. The van der Waals surface area contributed by atoms with Crippen LogP contribution in [0.25, 0.3) is 16.6 Å². The molecule has 3 aromatic carbocycles. The van der Waals surface area contributed by atoms with E-state index in [1.165, 1.54) is 17.7 Å². The first-order valence-electron chi connectivity index (χ1n) is 13.2. The summed E-state index contributed by atoms with van der Waals surface area (Å²) in [6, 6.07) is 22.6. The Hall–Kier alpha value is -3.82. The first kappa shape index (κ1) is 24.2. The highest BCUT2D eigenvalue weighted by atomic mass is 32.2. The van der Waals surface area contributed by atoms with Gasteiger partial charge in [-0.25, -0.2) is 17.5 Å². The summed E-state index contributed by atoms with van der Waals surface area (Å²) in [6.07, 6.45) is 3.54. The summed E-state index contributed by atoms with van der Waals surface area (Å²) in [7, 11) is -3.72. The van der Waals surface area contributed by atoms with Gasteiger partial charge in [-0.05, 0) is 78.9 Å². The lowest BCUT2D eigenvalue weighted by Gasteiger charge is -2.24. The van der Waals surface area contributed by atoms with E-state index >= 15 is 0 Å². The van der Waals surface area contributed by atoms with Crippen LogP contribution < -0.4 is 0 Å². The molecule has 0 radical (unpaired) electrons. The van der Waals surface area contributed by atoms with Crippen molar-refractivity contribution < 1.29 is 12.8 Å². The van der Waals surface area contributed by atoms with E-state index in [4.69, 9.17) is 0 Å². The fraction of sp³-hybridized carbons (Fsp3) is 0.267. The maximum Gasteiger partial charge on any atom is 0.262 e. The van der Waals surface area contributed by atoms with E-state index in [1.54, 1.807) is 33.4 Å². The third-order valence-corrected chi connectivity index (χ3v) is 10.2. The van der Waals surface area contributed by atoms with Crippen LogP contribution in [0.1, 0.15) is 29.5 Å². The molecule has 5 aromatic rings.